The molecule has 0 aliphatic carbocycles. The molecule has 0 saturated carbocycles. The van der Waals surface area contributed by atoms with E-state index in [4.69, 9.17) is 0 Å². The number of aliphatic hydroxyl groups is 1. The van der Waals surface area contributed by atoms with E-state index in [-0.39, 0.29) is 11.3 Å². The first kappa shape index (κ1) is 11.5. The van der Waals surface area contributed by atoms with Gasteiger partial charge in [0.2, 0.25) is 0 Å². The molecule has 0 fully saturated rings. The fraction of sp³-hybridized carbons (Fsp3) is 0.214. The Morgan fingerprint density at radius 1 is 1.41 bits per heavy atom. The summed E-state index contributed by atoms with van der Waals surface area (Å²) in [7, 11) is 0. The van der Waals surface area contributed by atoms with Crippen LogP contribution in [0, 0.1) is 6.92 Å². The van der Waals surface area contributed by atoms with Gasteiger partial charge in [0.15, 0.2) is 0 Å². The number of aliphatic hydroxyl groups excluding tert-OH is 1. The SMILES string of the molecule is C=C(O)c1ccc2c(c1)c(C)cc(=O)n2CC. The zero-order valence-corrected chi connectivity index (χ0v) is 10.0. The lowest BCUT2D eigenvalue weighted by atomic mass is 10.1. The predicted molar refractivity (Wildman–Crippen MR) is 70.3 cm³/mol. The van der Waals surface area contributed by atoms with Crippen molar-refractivity contribution in [1.29, 1.82) is 0 Å². The van der Waals surface area contributed by atoms with Crippen LogP contribution < -0.4 is 5.56 Å². The number of rotatable bonds is 2. The van der Waals surface area contributed by atoms with E-state index in [0.29, 0.717) is 12.1 Å². The lowest BCUT2D eigenvalue weighted by Crippen LogP contribution is -2.19. The quantitative estimate of drug-likeness (QED) is 0.804. The van der Waals surface area contributed by atoms with Gasteiger partial charge in [-0.2, -0.15) is 0 Å². The first-order chi connectivity index (χ1) is 8.04. The number of pyridine rings is 1. The van der Waals surface area contributed by atoms with Crippen molar-refractivity contribution in [3.8, 4) is 0 Å². The third-order valence-electron chi connectivity index (χ3n) is 2.97. The highest BCUT2D eigenvalue weighted by Crippen LogP contribution is 2.21. The minimum absolute atomic E-state index is 0.00748. The summed E-state index contributed by atoms with van der Waals surface area (Å²) in [6, 6.07) is 7.11. The van der Waals surface area contributed by atoms with E-state index in [1.807, 2.05) is 26.0 Å². The normalized spacial score (nSPS) is 10.7. The van der Waals surface area contributed by atoms with Crippen LogP contribution in [0.1, 0.15) is 18.1 Å². The Labute approximate surface area is 99.6 Å². The van der Waals surface area contributed by atoms with Gasteiger partial charge in [-0.05, 0) is 37.6 Å². The Bertz CT molecular complexity index is 653. The summed E-state index contributed by atoms with van der Waals surface area (Å²) < 4.78 is 1.71. The molecule has 3 nitrogen and oxygen atoms in total. The number of benzene rings is 1. The van der Waals surface area contributed by atoms with E-state index in [1.165, 1.54) is 0 Å². The zero-order valence-electron chi connectivity index (χ0n) is 10.0. The molecule has 2 rings (SSSR count). The number of hydrogen-bond acceptors (Lipinski definition) is 2. The van der Waals surface area contributed by atoms with Crippen molar-refractivity contribution in [1.82, 2.24) is 4.57 Å². The highest BCUT2D eigenvalue weighted by molar-refractivity contribution is 5.85. The average molecular weight is 229 g/mol. The summed E-state index contributed by atoms with van der Waals surface area (Å²) in [6.45, 7) is 7.98. The molecule has 88 valence electrons. The molecule has 17 heavy (non-hydrogen) atoms. The van der Waals surface area contributed by atoms with Crippen molar-refractivity contribution in [3.63, 3.8) is 0 Å². The third-order valence-corrected chi connectivity index (χ3v) is 2.97. The molecule has 0 aliphatic heterocycles. The second kappa shape index (κ2) is 4.09. The van der Waals surface area contributed by atoms with Gasteiger partial charge in [0.05, 0.1) is 5.52 Å². The van der Waals surface area contributed by atoms with Crippen LogP contribution in [-0.2, 0) is 6.54 Å². The summed E-state index contributed by atoms with van der Waals surface area (Å²) >= 11 is 0. The van der Waals surface area contributed by atoms with Gasteiger partial charge in [-0.1, -0.05) is 6.58 Å². The molecular formula is C14H15NO2. The van der Waals surface area contributed by atoms with E-state index in [1.54, 1.807) is 16.7 Å². The number of hydrogen-bond donors (Lipinski definition) is 1. The van der Waals surface area contributed by atoms with Gasteiger partial charge < -0.3 is 9.67 Å². The van der Waals surface area contributed by atoms with Gasteiger partial charge in [0.1, 0.15) is 5.76 Å². The van der Waals surface area contributed by atoms with Crippen LogP contribution in [0.2, 0.25) is 0 Å². The first-order valence-corrected chi connectivity index (χ1v) is 5.57. The highest BCUT2D eigenvalue weighted by Gasteiger charge is 2.06. The maximum Gasteiger partial charge on any atom is 0.251 e. The van der Waals surface area contributed by atoms with Crippen LogP contribution in [-0.4, -0.2) is 9.67 Å². The van der Waals surface area contributed by atoms with Gasteiger partial charge in [-0.25, -0.2) is 0 Å². The van der Waals surface area contributed by atoms with Gasteiger partial charge in [-0.3, -0.25) is 4.79 Å². The van der Waals surface area contributed by atoms with Crippen LogP contribution >= 0.6 is 0 Å². The van der Waals surface area contributed by atoms with Crippen molar-refractivity contribution >= 4 is 16.7 Å². The molecule has 0 unspecified atom stereocenters. The lowest BCUT2D eigenvalue weighted by Gasteiger charge is -2.11. The van der Waals surface area contributed by atoms with E-state index < -0.39 is 0 Å². The van der Waals surface area contributed by atoms with Gasteiger partial charge >= 0.3 is 0 Å². The fourth-order valence-electron chi connectivity index (χ4n) is 2.05. The molecule has 1 N–H and O–H groups in total. The van der Waals surface area contributed by atoms with E-state index in [2.05, 4.69) is 6.58 Å². The number of aromatic nitrogens is 1. The van der Waals surface area contributed by atoms with Crippen LogP contribution in [0.15, 0.2) is 35.6 Å². The molecule has 0 amide bonds. The number of nitrogens with zero attached hydrogens (tertiary/aromatic N) is 1. The van der Waals surface area contributed by atoms with Gasteiger partial charge in [0.25, 0.3) is 5.56 Å². The maximum absolute atomic E-state index is 11.8. The first-order valence-electron chi connectivity index (χ1n) is 5.57. The molecule has 1 aromatic carbocycles. The van der Waals surface area contributed by atoms with Crippen LogP contribution in [0.4, 0.5) is 0 Å². The fourth-order valence-corrected chi connectivity index (χ4v) is 2.05. The number of aryl methyl sites for hydroxylation is 2. The molecular weight excluding hydrogens is 214 g/mol. The monoisotopic (exact) mass is 229 g/mol. The second-order valence-electron chi connectivity index (χ2n) is 4.09. The summed E-state index contributed by atoms with van der Waals surface area (Å²) in [5.74, 6) is 0.0422. The summed E-state index contributed by atoms with van der Waals surface area (Å²) in [5.41, 5.74) is 2.50. The summed E-state index contributed by atoms with van der Waals surface area (Å²) in [4.78, 5) is 11.8. The smallest absolute Gasteiger partial charge is 0.251 e. The maximum atomic E-state index is 11.8. The molecule has 0 aliphatic rings. The van der Waals surface area contributed by atoms with Crippen molar-refractivity contribution in [2.75, 3.05) is 0 Å². The van der Waals surface area contributed by atoms with E-state index >= 15 is 0 Å². The topological polar surface area (TPSA) is 42.2 Å². The predicted octanol–water partition coefficient (Wildman–Crippen LogP) is 2.86. The minimum Gasteiger partial charge on any atom is -0.508 e. The Morgan fingerprint density at radius 2 is 2.12 bits per heavy atom. The average Bonchev–Trinajstić information content (AvgIpc) is 2.29. The lowest BCUT2D eigenvalue weighted by molar-refractivity contribution is 0.514. The Balaban J connectivity index is 2.88. The second-order valence-corrected chi connectivity index (χ2v) is 4.09. The zero-order chi connectivity index (χ0) is 12.6. The van der Waals surface area contributed by atoms with E-state index in [0.717, 1.165) is 16.5 Å². The molecule has 1 heterocycles. The number of fused-ring (bicyclic) bond motifs is 1. The molecule has 0 radical (unpaired) electrons. The molecule has 0 atom stereocenters. The van der Waals surface area contributed by atoms with Crippen molar-refractivity contribution in [3.05, 3.63) is 52.3 Å². The van der Waals surface area contributed by atoms with Gasteiger partial charge in [-0.15, -0.1) is 0 Å². The Kier molecular flexibility index (Phi) is 2.76. The molecule has 3 heteroatoms. The molecule has 0 bridgehead atoms. The van der Waals surface area contributed by atoms with Gasteiger partial charge in [0, 0.05) is 23.6 Å². The van der Waals surface area contributed by atoms with E-state index in [9.17, 15) is 9.90 Å². The van der Waals surface area contributed by atoms with Crippen LogP contribution in [0.25, 0.3) is 16.7 Å². The van der Waals surface area contributed by atoms with Crippen molar-refractivity contribution in [2.24, 2.45) is 0 Å². The molecule has 0 spiro atoms. The van der Waals surface area contributed by atoms with Crippen molar-refractivity contribution in [2.45, 2.75) is 20.4 Å². The molecule has 1 aromatic heterocycles. The highest BCUT2D eigenvalue weighted by atomic mass is 16.3. The summed E-state index contributed by atoms with van der Waals surface area (Å²) in [5, 5.41) is 10.4. The summed E-state index contributed by atoms with van der Waals surface area (Å²) in [6.07, 6.45) is 0. The van der Waals surface area contributed by atoms with Crippen molar-refractivity contribution < 1.29 is 5.11 Å². The molecule has 0 saturated heterocycles. The standard InChI is InChI=1S/C14H15NO2/c1-4-15-13-6-5-11(10(3)16)8-12(13)9(2)7-14(15)17/h5-8,16H,3-4H2,1-2H3. The Morgan fingerprint density at radius 3 is 2.71 bits per heavy atom. The van der Waals surface area contributed by atoms with Crippen LogP contribution in [0.5, 0.6) is 0 Å². The largest absolute Gasteiger partial charge is 0.508 e. The Hall–Kier alpha value is -2.03. The molecule has 2 aromatic rings. The van der Waals surface area contributed by atoms with Crippen LogP contribution in [0.3, 0.4) is 0 Å². The third kappa shape index (κ3) is 1.84. The minimum atomic E-state index is 0.00748.